The van der Waals surface area contributed by atoms with Gasteiger partial charge in [-0.25, -0.2) is 0 Å². The maximum absolute atomic E-state index is 5.21. The summed E-state index contributed by atoms with van der Waals surface area (Å²) in [5, 5.41) is 6.77. The first kappa shape index (κ1) is 11.5. The Morgan fingerprint density at radius 2 is 1.47 bits per heavy atom. The normalized spacial score (nSPS) is 9.71. The van der Waals surface area contributed by atoms with Gasteiger partial charge in [0.25, 0.3) is 0 Å². The Morgan fingerprint density at radius 1 is 0.941 bits per heavy atom. The van der Waals surface area contributed by atoms with Crippen LogP contribution in [0.15, 0.2) is 48.8 Å². The van der Waals surface area contributed by atoms with Gasteiger partial charge in [0.1, 0.15) is 0 Å². The fraction of sp³-hybridized carbons (Fsp3) is 0.0769. The van der Waals surface area contributed by atoms with Gasteiger partial charge in [-0.1, -0.05) is 17.7 Å². The quantitative estimate of drug-likeness (QED) is 0.794. The van der Waals surface area contributed by atoms with E-state index in [1.165, 1.54) is 5.56 Å². The van der Waals surface area contributed by atoms with E-state index in [0.29, 0.717) is 5.11 Å². The van der Waals surface area contributed by atoms with Crippen LogP contribution in [0.3, 0.4) is 0 Å². The van der Waals surface area contributed by atoms with Crippen LogP contribution in [0.2, 0.25) is 0 Å². The zero-order valence-electron chi connectivity index (χ0n) is 9.47. The minimum Gasteiger partial charge on any atom is -0.332 e. The predicted molar refractivity (Wildman–Crippen MR) is 75.3 cm³/mol. The predicted octanol–water partition coefficient (Wildman–Crippen LogP) is 3.20. The van der Waals surface area contributed by atoms with Gasteiger partial charge in [-0.05, 0) is 43.4 Å². The van der Waals surface area contributed by atoms with Crippen LogP contribution in [0, 0.1) is 6.92 Å². The molecule has 2 aromatic rings. The molecule has 4 heteroatoms. The molecule has 86 valence electrons. The number of anilines is 2. The SMILES string of the molecule is Cc1ccc(NC(=S)Nc2ccncc2)cc1. The van der Waals surface area contributed by atoms with Gasteiger partial charge >= 0.3 is 0 Å². The molecular formula is C13H13N3S. The van der Waals surface area contributed by atoms with E-state index in [2.05, 4.69) is 22.5 Å². The highest BCUT2D eigenvalue weighted by Crippen LogP contribution is 2.10. The summed E-state index contributed by atoms with van der Waals surface area (Å²) in [5.74, 6) is 0. The van der Waals surface area contributed by atoms with Crippen LogP contribution < -0.4 is 10.6 Å². The van der Waals surface area contributed by atoms with Gasteiger partial charge in [-0.2, -0.15) is 0 Å². The Balaban J connectivity index is 1.96. The fourth-order valence-corrected chi connectivity index (χ4v) is 1.60. The molecule has 1 heterocycles. The van der Waals surface area contributed by atoms with Crippen LogP contribution in [-0.2, 0) is 0 Å². The van der Waals surface area contributed by atoms with Gasteiger partial charge in [0.2, 0.25) is 0 Å². The number of aromatic nitrogens is 1. The average Bonchev–Trinajstić information content (AvgIpc) is 2.33. The Kier molecular flexibility index (Phi) is 3.67. The second kappa shape index (κ2) is 5.41. The zero-order valence-corrected chi connectivity index (χ0v) is 10.3. The summed E-state index contributed by atoms with van der Waals surface area (Å²) < 4.78 is 0. The minimum absolute atomic E-state index is 0.569. The third-order valence-corrected chi connectivity index (χ3v) is 2.45. The maximum Gasteiger partial charge on any atom is 0.175 e. The lowest BCUT2D eigenvalue weighted by Crippen LogP contribution is -2.18. The standard InChI is InChI=1S/C13H13N3S/c1-10-2-4-11(5-3-10)15-13(17)16-12-6-8-14-9-7-12/h2-9H,1H3,(H2,14,15,16,17). The Labute approximate surface area is 106 Å². The molecule has 0 bridgehead atoms. The molecule has 0 unspecified atom stereocenters. The summed E-state index contributed by atoms with van der Waals surface area (Å²) in [6, 6.07) is 11.8. The first-order valence-electron chi connectivity index (χ1n) is 5.29. The number of nitrogens with zero attached hydrogens (tertiary/aromatic N) is 1. The molecule has 0 spiro atoms. The topological polar surface area (TPSA) is 37.0 Å². The van der Waals surface area contributed by atoms with Crippen LogP contribution in [0.1, 0.15) is 5.56 Å². The highest BCUT2D eigenvalue weighted by Gasteiger charge is 1.97. The first-order chi connectivity index (χ1) is 8.24. The van der Waals surface area contributed by atoms with Gasteiger partial charge in [-0.15, -0.1) is 0 Å². The van der Waals surface area contributed by atoms with Gasteiger partial charge in [0.05, 0.1) is 0 Å². The number of hydrogen-bond acceptors (Lipinski definition) is 2. The van der Waals surface area contributed by atoms with E-state index in [4.69, 9.17) is 12.2 Å². The number of benzene rings is 1. The minimum atomic E-state index is 0.569. The average molecular weight is 243 g/mol. The van der Waals surface area contributed by atoms with Crippen molar-refractivity contribution in [2.75, 3.05) is 10.6 Å². The molecule has 0 amide bonds. The number of hydrogen-bond donors (Lipinski definition) is 2. The monoisotopic (exact) mass is 243 g/mol. The lowest BCUT2D eigenvalue weighted by Gasteiger charge is -2.10. The third kappa shape index (κ3) is 3.53. The third-order valence-electron chi connectivity index (χ3n) is 2.25. The first-order valence-corrected chi connectivity index (χ1v) is 5.69. The lowest BCUT2D eigenvalue weighted by atomic mass is 10.2. The molecule has 2 rings (SSSR count). The van der Waals surface area contributed by atoms with Crippen molar-refractivity contribution < 1.29 is 0 Å². The Hall–Kier alpha value is -1.94. The van der Waals surface area contributed by atoms with Gasteiger partial charge in [-0.3, -0.25) is 4.98 Å². The highest BCUT2D eigenvalue weighted by molar-refractivity contribution is 7.80. The molecule has 0 saturated heterocycles. The van der Waals surface area contributed by atoms with Crippen LogP contribution in [0.5, 0.6) is 0 Å². The molecule has 17 heavy (non-hydrogen) atoms. The van der Waals surface area contributed by atoms with Crippen molar-refractivity contribution in [3.63, 3.8) is 0 Å². The maximum atomic E-state index is 5.21. The smallest absolute Gasteiger partial charge is 0.175 e. The lowest BCUT2D eigenvalue weighted by molar-refractivity contribution is 1.33. The summed E-state index contributed by atoms with van der Waals surface area (Å²) in [5.41, 5.74) is 3.12. The molecule has 2 N–H and O–H groups in total. The van der Waals surface area contributed by atoms with E-state index in [-0.39, 0.29) is 0 Å². The van der Waals surface area contributed by atoms with E-state index in [9.17, 15) is 0 Å². The van der Waals surface area contributed by atoms with Crippen molar-refractivity contribution >= 4 is 28.7 Å². The summed E-state index contributed by atoms with van der Waals surface area (Å²) in [6.07, 6.45) is 3.44. The van der Waals surface area contributed by atoms with Crippen molar-refractivity contribution in [1.82, 2.24) is 4.98 Å². The molecule has 0 fully saturated rings. The second-order valence-electron chi connectivity index (χ2n) is 3.68. The van der Waals surface area contributed by atoms with Gasteiger partial charge in [0, 0.05) is 23.8 Å². The van der Waals surface area contributed by atoms with E-state index in [0.717, 1.165) is 11.4 Å². The fourth-order valence-electron chi connectivity index (χ4n) is 1.37. The molecule has 0 atom stereocenters. The molecule has 0 aliphatic heterocycles. The van der Waals surface area contributed by atoms with Gasteiger partial charge < -0.3 is 10.6 Å². The largest absolute Gasteiger partial charge is 0.332 e. The van der Waals surface area contributed by atoms with E-state index >= 15 is 0 Å². The molecule has 0 aliphatic carbocycles. The van der Waals surface area contributed by atoms with Crippen LogP contribution >= 0.6 is 12.2 Å². The number of thiocarbonyl (C=S) groups is 1. The molecule has 3 nitrogen and oxygen atoms in total. The highest BCUT2D eigenvalue weighted by atomic mass is 32.1. The molecule has 0 saturated carbocycles. The summed E-state index contributed by atoms with van der Waals surface area (Å²) in [6.45, 7) is 2.05. The van der Waals surface area contributed by atoms with E-state index in [1.54, 1.807) is 12.4 Å². The Bertz CT molecular complexity index is 494. The van der Waals surface area contributed by atoms with Gasteiger partial charge in [0.15, 0.2) is 5.11 Å². The molecular weight excluding hydrogens is 230 g/mol. The van der Waals surface area contributed by atoms with Crippen LogP contribution in [-0.4, -0.2) is 10.1 Å². The van der Waals surface area contributed by atoms with Crippen molar-refractivity contribution in [3.05, 3.63) is 54.4 Å². The summed E-state index contributed by atoms with van der Waals surface area (Å²) in [4.78, 5) is 3.94. The van der Waals surface area contributed by atoms with Crippen LogP contribution in [0.25, 0.3) is 0 Å². The number of pyridine rings is 1. The number of rotatable bonds is 2. The van der Waals surface area contributed by atoms with Crippen molar-refractivity contribution in [2.24, 2.45) is 0 Å². The molecule has 1 aromatic heterocycles. The summed E-state index contributed by atoms with van der Waals surface area (Å²) in [7, 11) is 0. The van der Waals surface area contributed by atoms with Crippen molar-refractivity contribution in [1.29, 1.82) is 0 Å². The van der Waals surface area contributed by atoms with Crippen LogP contribution in [0.4, 0.5) is 11.4 Å². The molecule has 0 aliphatic rings. The zero-order chi connectivity index (χ0) is 12.1. The van der Waals surface area contributed by atoms with Crippen molar-refractivity contribution in [2.45, 2.75) is 6.92 Å². The second-order valence-corrected chi connectivity index (χ2v) is 4.09. The number of aryl methyl sites for hydroxylation is 1. The van der Waals surface area contributed by atoms with E-state index < -0.39 is 0 Å². The number of nitrogens with one attached hydrogen (secondary N) is 2. The van der Waals surface area contributed by atoms with E-state index in [1.807, 2.05) is 36.4 Å². The molecule has 1 aromatic carbocycles. The Morgan fingerprint density at radius 3 is 2.06 bits per heavy atom. The van der Waals surface area contributed by atoms with Crippen molar-refractivity contribution in [3.8, 4) is 0 Å². The summed E-state index contributed by atoms with van der Waals surface area (Å²) >= 11 is 5.21. The molecule has 0 radical (unpaired) electrons.